The molecule has 0 saturated carbocycles. The van der Waals surface area contributed by atoms with Crippen LogP contribution in [0.5, 0.6) is 0 Å². The summed E-state index contributed by atoms with van der Waals surface area (Å²) in [6, 6.07) is 20.3. The molecule has 2 heterocycles. The van der Waals surface area contributed by atoms with Crippen LogP contribution < -0.4 is 9.62 Å². The Bertz CT molecular complexity index is 1680. The summed E-state index contributed by atoms with van der Waals surface area (Å²) in [5, 5.41) is 11.7. The standard InChI is InChI=1S/C31H34FN5O4S/c1-21(23-11-13-26(32)14-12-23)33-28(38)24-17-25(19-27(18-24)37(3)42(4,39)40)29-34-35-30(41-29)31(15-8-16-36(31)2)20-22-9-6-5-7-10-22/h5-7,9-14,17-19,21H,8,15-16,20H2,1-4H3,(H,33,38)/t21-,31?/m1/s1. The van der Waals surface area contributed by atoms with Gasteiger partial charge in [0.25, 0.3) is 5.91 Å². The topological polar surface area (TPSA) is 109 Å². The average Bonchev–Trinajstić information content (AvgIpc) is 3.61. The van der Waals surface area contributed by atoms with Crippen LogP contribution in [-0.2, 0) is 22.0 Å². The van der Waals surface area contributed by atoms with E-state index in [-0.39, 0.29) is 23.0 Å². The van der Waals surface area contributed by atoms with Gasteiger partial charge in [-0.05, 0) is 81.2 Å². The minimum atomic E-state index is -3.63. The fourth-order valence-corrected chi connectivity index (χ4v) is 5.89. The second-order valence-corrected chi connectivity index (χ2v) is 12.9. The van der Waals surface area contributed by atoms with Crippen LogP contribution in [0, 0.1) is 5.82 Å². The maximum atomic E-state index is 13.4. The van der Waals surface area contributed by atoms with Gasteiger partial charge in [-0.25, -0.2) is 12.8 Å². The van der Waals surface area contributed by atoms with Crippen molar-refractivity contribution in [2.24, 2.45) is 0 Å². The summed E-state index contributed by atoms with van der Waals surface area (Å²) in [5.74, 6) is -0.152. The van der Waals surface area contributed by atoms with Gasteiger partial charge in [-0.3, -0.25) is 14.0 Å². The first-order valence-electron chi connectivity index (χ1n) is 13.7. The number of rotatable bonds is 9. The second kappa shape index (κ2) is 11.7. The molecule has 3 aromatic carbocycles. The highest BCUT2D eigenvalue weighted by Gasteiger charge is 2.45. The van der Waals surface area contributed by atoms with E-state index in [4.69, 9.17) is 4.42 Å². The lowest BCUT2D eigenvalue weighted by atomic mass is 9.88. The number of carbonyl (C=O) groups excluding carboxylic acids is 1. The van der Waals surface area contributed by atoms with Crippen LogP contribution in [0.25, 0.3) is 11.5 Å². The van der Waals surface area contributed by atoms with Gasteiger partial charge in [-0.1, -0.05) is 42.5 Å². The third kappa shape index (κ3) is 6.07. The monoisotopic (exact) mass is 591 g/mol. The highest BCUT2D eigenvalue weighted by molar-refractivity contribution is 7.92. The fraction of sp³-hybridized carbons (Fsp3) is 0.323. The Kier molecular flexibility index (Phi) is 8.16. The molecule has 0 spiro atoms. The van der Waals surface area contributed by atoms with E-state index >= 15 is 0 Å². The molecule has 1 aromatic heterocycles. The number of hydrogen-bond donors (Lipinski definition) is 1. The Morgan fingerprint density at radius 3 is 2.48 bits per heavy atom. The number of nitrogens with one attached hydrogen (secondary N) is 1. The van der Waals surface area contributed by atoms with Gasteiger partial charge in [0.2, 0.25) is 21.8 Å². The molecule has 1 N–H and O–H groups in total. The van der Waals surface area contributed by atoms with E-state index in [1.165, 1.54) is 25.2 Å². The van der Waals surface area contributed by atoms with Crippen LogP contribution >= 0.6 is 0 Å². The molecular formula is C31H34FN5O4S. The zero-order valence-corrected chi connectivity index (χ0v) is 24.9. The van der Waals surface area contributed by atoms with Gasteiger partial charge in [-0.2, -0.15) is 0 Å². The smallest absolute Gasteiger partial charge is 0.251 e. The van der Waals surface area contributed by atoms with E-state index in [1.54, 1.807) is 31.2 Å². The highest BCUT2D eigenvalue weighted by atomic mass is 32.2. The molecule has 1 fully saturated rings. The molecule has 11 heteroatoms. The fourth-order valence-electron chi connectivity index (χ4n) is 5.40. The van der Waals surface area contributed by atoms with Crippen LogP contribution in [0.4, 0.5) is 10.1 Å². The SMILES string of the molecule is C[C@@H](NC(=O)c1cc(-c2nnc(C3(Cc4ccccc4)CCCN3C)o2)cc(N(C)S(C)(=O)=O)c1)c1ccc(F)cc1. The van der Waals surface area contributed by atoms with Crippen molar-refractivity contribution in [3.63, 3.8) is 0 Å². The first-order valence-corrected chi connectivity index (χ1v) is 15.6. The largest absolute Gasteiger partial charge is 0.419 e. The number of likely N-dealkylation sites (N-methyl/N-ethyl adjacent to an activating group) is 1. The maximum Gasteiger partial charge on any atom is 0.251 e. The highest BCUT2D eigenvalue weighted by Crippen LogP contribution is 2.41. The van der Waals surface area contributed by atoms with Crippen LogP contribution in [0.15, 0.2) is 77.2 Å². The van der Waals surface area contributed by atoms with Crippen molar-refractivity contribution < 1.29 is 22.0 Å². The Hall–Kier alpha value is -4.09. The van der Waals surface area contributed by atoms with E-state index < -0.39 is 27.5 Å². The summed E-state index contributed by atoms with van der Waals surface area (Å²) >= 11 is 0. The molecule has 0 aliphatic carbocycles. The molecule has 2 atom stereocenters. The summed E-state index contributed by atoms with van der Waals surface area (Å²) in [5.41, 5.74) is 2.28. The van der Waals surface area contributed by atoms with E-state index in [0.717, 1.165) is 41.1 Å². The maximum absolute atomic E-state index is 13.4. The van der Waals surface area contributed by atoms with Gasteiger partial charge in [0, 0.05) is 18.2 Å². The van der Waals surface area contributed by atoms with Crippen molar-refractivity contribution in [2.75, 3.05) is 31.2 Å². The third-order valence-electron chi connectivity index (χ3n) is 7.98. The predicted molar refractivity (Wildman–Crippen MR) is 159 cm³/mol. The summed E-state index contributed by atoms with van der Waals surface area (Å²) in [6.07, 6.45) is 3.60. The molecule has 5 rings (SSSR count). The van der Waals surface area contributed by atoms with Gasteiger partial charge in [0.15, 0.2) is 0 Å². The summed E-state index contributed by atoms with van der Waals surface area (Å²) in [6.45, 7) is 2.67. The van der Waals surface area contributed by atoms with Crippen molar-refractivity contribution in [3.8, 4) is 11.5 Å². The Morgan fingerprint density at radius 2 is 1.83 bits per heavy atom. The van der Waals surface area contributed by atoms with Crippen molar-refractivity contribution in [1.82, 2.24) is 20.4 Å². The van der Waals surface area contributed by atoms with Crippen molar-refractivity contribution >= 4 is 21.6 Å². The third-order valence-corrected chi connectivity index (χ3v) is 9.19. The summed E-state index contributed by atoms with van der Waals surface area (Å²) < 4.78 is 45.6. The lowest BCUT2D eigenvalue weighted by Crippen LogP contribution is -2.41. The van der Waals surface area contributed by atoms with Gasteiger partial charge < -0.3 is 9.73 Å². The van der Waals surface area contributed by atoms with E-state index in [9.17, 15) is 17.6 Å². The van der Waals surface area contributed by atoms with Crippen LogP contribution in [0.3, 0.4) is 0 Å². The molecule has 1 saturated heterocycles. The quantitative estimate of drug-likeness (QED) is 0.294. The number of nitrogens with zero attached hydrogens (tertiary/aromatic N) is 4. The average molecular weight is 592 g/mol. The van der Waals surface area contributed by atoms with Gasteiger partial charge >= 0.3 is 0 Å². The molecule has 1 aliphatic rings. The van der Waals surface area contributed by atoms with Crippen LogP contribution in [0.2, 0.25) is 0 Å². The van der Waals surface area contributed by atoms with Gasteiger partial charge in [0.05, 0.1) is 18.0 Å². The Labute approximate surface area is 245 Å². The first-order chi connectivity index (χ1) is 20.0. The number of aromatic nitrogens is 2. The molecule has 0 radical (unpaired) electrons. The number of carbonyl (C=O) groups is 1. The lowest BCUT2D eigenvalue weighted by Gasteiger charge is -2.33. The molecule has 1 amide bonds. The lowest BCUT2D eigenvalue weighted by molar-refractivity contribution is 0.0940. The van der Waals surface area contributed by atoms with E-state index in [1.807, 2.05) is 25.2 Å². The number of benzene rings is 3. The Morgan fingerprint density at radius 1 is 1.12 bits per heavy atom. The minimum absolute atomic E-state index is 0.183. The van der Waals surface area contributed by atoms with E-state index in [0.29, 0.717) is 17.9 Å². The molecule has 220 valence electrons. The molecule has 42 heavy (non-hydrogen) atoms. The number of halogens is 1. The van der Waals surface area contributed by atoms with Crippen molar-refractivity contribution in [3.05, 3.63) is 101 Å². The number of likely N-dealkylation sites (tertiary alicyclic amines) is 1. The second-order valence-electron chi connectivity index (χ2n) is 10.9. The molecule has 1 unspecified atom stereocenters. The Balaban J connectivity index is 1.51. The normalized spacial score (nSPS) is 18.1. The van der Waals surface area contributed by atoms with Crippen LogP contribution in [-0.4, -0.2) is 56.3 Å². The molecule has 0 bridgehead atoms. The van der Waals surface area contributed by atoms with Crippen LogP contribution in [0.1, 0.15) is 53.2 Å². The summed E-state index contributed by atoms with van der Waals surface area (Å²) in [7, 11) is -0.171. The minimum Gasteiger partial charge on any atom is -0.419 e. The molecular weight excluding hydrogens is 557 g/mol. The molecule has 4 aromatic rings. The van der Waals surface area contributed by atoms with Crippen molar-refractivity contribution in [2.45, 2.75) is 37.8 Å². The van der Waals surface area contributed by atoms with E-state index in [2.05, 4.69) is 32.5 Å². The zero-order valence-electron chi connectivity index (χ0n) is 24.0. The number of hydrogen-bond acceptors (Lipinski definition) is 7. The zero-order chi connectivity index (χ0) is 30.1. The van der Waals surface area contributed by atoms with Gasteiger partial charge in [-0.15, -0.1) is 10.2 Å². The number of amides is 1. The first kappa shape index (κ1) is 29.4. The van der Waals surface area contributed by atoms with Gasteiger partial charge in [0.1, 0.15) is 11.4 Å². The molecule has 1 aliphatic heterocycles. The number of sulfonamides is 1. The summed E-state index contributed by atoms with van der Waals surface area (Å²) in [4.78, 5) is 15.6. The number of anilines is 1. The molecule has 9 nitrogen and oxygen atoms in total. The predicted octanol–water partition coefficient (Wildman–Crippen LogP) is 4.93. The van der Waals surface area contributed by atoms with Crippen molar-refractivity contribution in [1.29, 1.82) is 0 Å².